The molecule has 0 fully saturated rings. The van der Waals surface area contributed by atoms with E-state index in [0.717, 1.165) is 55.7 Å². The van der Waals surface area contributed by atoms with Crippen molar-refractivity contribution < 1.29 is 4.42 Å². The Morgan fingerprint density at radius 3 is 1.65 bits per heavy atom. The zero-order chi connectivity index (χ0) is 34.3. The minimum absolute atomic E-state index is 0.845. The smallest absolute Gasteiger partial charge is 0.159 e. The molecule has 0 aliphatic rings. The van der Waals surface area contributed by atoms with Crippen LogP contribution in [0, 0.1) is 6.92 Å². The van der Waals surface area contributed by atoms with E-state index in [2.05, 4.69) is 187 Å². The highest BCUT2D eigenvalue weighted by Crippen LogP contribution is 2.47. The second kappa shape index (κ2) is 12.7. The Morgan fingerprint density at radius 2 is 0.980 bits per heavy atom. The predicted molar refractivity (Wildman–Crippen MR) is 217 cm³/mol. The van der Waals surface area contributed by atoms with Crippen molar-refractivity contribution in [3.05, 3.63) is 194 Å². The van der Waals surface area contributed by atoms with Crippen LogP contribution in [0.1, 0.15) is 11.3 Å². The van der Waals surface area contributed by atoms with Gasteiger partial charge in [-0.3, -0.25) is 0 Å². The monoisotopic (exact) mass is 653 g/mol. The van der Waals surface area contributed by atoms with Gasteiger partial charge in [-0.2, -0.15) is 0 Å². The normalized spacial score (nSPS) is 11.3. The van der Waals surface area contributed by atoms with Crippen molar-refractivity contribution in [2.24, 2.45) is 0 Å². The van der Waals surface area contributed by atoms with E-state index in [1.54, 1.807) is 0 Å². The number of benzene rings is 8. The zero-order valence-corrected chi connectivity index (χ0v) is 28.4. The van der Waals surface area contributed by atoms with E-state index < -0.39 is 0 Å². The highest BCUT2D eigenvalue weighted by atomic mass is 16.3. The molecular formula is C49H35NO. The molecule has 0 bridgehead atoms. The van der Waals surface area contributed by atoms with Gasteiger partial charge in [0.2, 0.25) is 0 Å². The van der Waals surface area contributed by atoms with Crippen LogP contribution in [0.2, 0.25) is 0 Å². The average molecular weight is 654 g/mol. The molecule has 1 heterocycles. The fourth-order valence-electron chi connectivity index (χ4n) is 7.56. The Hall–Kier alpha value is -6.64. The third-order valence-corrected chi connectivity index (χ3v) is 10.0. The fraction of sp³-hybridized carbons (Fsp3) is 0.0204. The van der Waals surface area contributed by atoms with Crippen LogP contribution in [0.25, 0.3) is 72.0 Å². The molecule has 8 aromatic carbocycles. The molecule has 9 aromatic rings. The Balaban J connectivity index is 1.24. The van der Waals surface area contributed by atoms with Crippen LogP contribution in [0.3, 0.4) is 0 Å². The predicted octanol–water partition coefficient (Wildman–Crippen LogP) is 14.2. The number of fused-ring (bicyclic) bond motifs is 3. The Bertz CT molecular complexity index is 2700. The molecule has 0 atom stereocenters. The van der Waals surface area contributed by atoms with Crippen LogP contribution in [-0.2, 0) is 0 Å². The third kappa shape index (κ3) is 5.29. The topological polar surface area (TPSA) is 16.4 Å². The Labute approximate surface area is 298 Å². The van der Waals surface area contributed by atoms with Gasteiger partial charge in [0.05, 0.1) is 5.69 Å². The molecular weight excluding hydrogens is 619 g/mol. The second-order valence-electron chi connectivity index (χ2n) is 13.0. The fourth-order valence-corrected chi connectivity index (χ4v) is 7.56. The number of furan rings is 1. The van der Waals surface area contributed by atoms with Gasteiger partial charge in [0.1, 0.15) is 5.76 Å². The minimum Gasteiger partial charge on any atom is -0.458 e. The minimum atomic E-state index is 0.845. The highest BCUT2D eigenvalue weighted by molar-refractivity contribution is 6.14. The molecule has 0 saturated carbocycles. The van der Waals surface area contributed by atoms with Crippen molar-refractivity contribution in [2.45, 2.75) is 6.92 Å². The third-order valence-electron chi connectivity index (χ3n) is 10.0. The molecule has 0 saturated heterocycles. The summed E-state index contributed by atoms with van der Waals surface area (Å²) in [5.74, 6) is 0.857. The lowest BCUT2D eigenvalue weighted by atomic mass is 9.94. The molecule has 2 heteroatoms. The van der Waals surface area contributed by atoms with E-state index in [9.17, 15) is 0 Å². The maximum absolute atomic E-state index is 6.64. The van der Waals surface area contributed by atoms with Gasteiger partial charge in [0.25, 0.3) is 0 Å². The standard InChI is InChI=1S/C49H35NO/c1-3-41-33(2)51-49-47(41)32-38-17-8-10-22-46(38)48(49)50(40-30-26-37(27-31-40)45-23-13-18-35-16-7-9-19-43(35)45)39-28-24-36(25-29-39)44-21-12-11-20-42(44)34-14-5-4-6-15-34/h3-32H,1H2,2H3. The van der Waals surface area contributed by atoms with Crippen molar-refractivity contribution in [1.29, 1.82) is 0 Å². The summed E-state index contributed by atoms with van der Waals surface area (Å²) >= 11 is 0. The second-order valence-corrected chi connectivity index (χ2v) is 13.0. The average Bonchev–Trinajstić information content (AvgIpc) is 3.52. The van der Waals surface area contributed by atoms with Crippen molar-refractivity contribution in [2.75, 3.05) is 4.90 Å². The first-order valence-corrected chi connectivity index (χ1v) is 17.4. The molecule has 0 unspecified atom stereocenters. The van der Waals surface area contributed by atoms with Crippen molar-refractivity contribution in [1.82, 2.24) is 0 Å². The molecule has 51 heavy (non-hydrogen) atoms. The van der Waals surface area contributed by atoms with Gasteiger partial charge >= 0.3 is 0 Å². The summed E-state index contributed by atoms with van der Waals surface area (Å²) in [6.07, 6.45) is 1.90. The molecule has 1 aromatic heterocycles. The summed E-state index contributed by atoms with van der Waals surface area (Å²) in [4.78, 5) is 2.35. The molecule has 0 amide bonds. The summed E-state index contributed by atoms with van der Waals surface area (Å²) in [6.45, 7) is 6.16. The van der Waals surface area contributed by atoms with Gasteiger partial charge in [0, 0.05) is 27.7 Å². The van der Waals surface area contributed by atoms with Crippen molar-refractivity contribution in [3.63, 3.8) is 0 Å². The highest BCUT2D eigenvalue weighted by Gasteiger charge is 2.23. The van der Waals surface area contributed by atoms with Gasteiger partial charge in [-0.25, -0.2) is 0 Å². The Kier molecular flexibility index (Phi) is 7.56. The SMILES string of the molecule is C=Cc1c(C)oc2c(N(c3ccc(-c4ccccc4-c4ccccc4)cc3)c3ccc(-c4cccc5ccccc45)cc3)c3ccccc3cc12. The summed E-state index contributed by atoms with van der Waals surface area (Å²) in [5.41, 5.74) is 12.1. The number of nitrogens with zero attached hydrogens (tertiary/aromatic N) is 1. The summed E-state index contributed by atoms with van der Waals surface area (Å²) in [5, 5.41) is 5.80. The molecule has 9 rings (SSSR count). The van der Waals surface area contributed by atoms with Crippen LogP contribution >= 0.6 is 0 Å². The van der Waals surface area contributed by atoms with E-state index in [0.29, 0.717) is 0 Å². The number of hydrogen-bond donors (Lipinski definition) is 0. The maximum Gasteiger partial charge on any atom is 0.159 e. The molecule has 0 spiro atoms. The number of aryl methyl sites for hydroxylation is 1. The van der Waals surface area contributed by atoms with Gasteiger partial charge in [-0.05, 0) is 86.8 Å². The van der Waals surface area contributed by atoms with Crippen LogP contribution in [0.4, 0.5) is 17.1 Å². The zero-order valence-electron chi connectivity index (χ0n) is 28.4. The van der Waals surface area contributed by atoms with E-state index >= 15 is 0 Å². The number of anilines is 3. The number of hydrogen-bond acceptors (Lipinski definition) is 2. The molecule has 0 radical (unpaired) electrons. The van der Waals surface area contributed by atoms with E-state index in [1.165, 1.54) is 38.6 Å². The van der Waals surface area contributed by atoms with Crippen LogP contribution in [-0.4, -0.2) is 0 Å². The van der Waals surface area contributed by atoms with Crippen molar-refractivity contribution >= 4 is 55.7 Å². The molecule has 2 nitrogen and oxygen atoms in total. The summed E-state index contributed by atoms with van der Waals surface area (Å²) in [6, 6.07) is 63.0. The van der Waals surface area contributed by atoms with Crippen LogP contribution in [0.15, 0.2) is 187 Å². The van der Waals surface area contributed by atoms with E-state index in [1.807, 2.05) is 13.0 Å². The first-order valence-electron chi connectivity index (χ1n) is 17.4. The van der Waals surface area contributed by atoms with Gasteiger partial charge < -0.3 is 9.32 Å². The first-order chi connectivity index (χ1) is 25.2. The number of rotatable bonds is 7. The van der Waals surface area contributed by atoms with Crippen LogP contribution < -0.4 is 4.90 Å². The lowest BCUT2D eigenvalue weighted by Crippen LogP contribution is -2.11. The quantitative estimate of drug-likeness (QED) is 0.170. The van der Waals surface area contributed by atoms with E-state index in [4.69, 9.17) is 4.42 Å². The largest absolute Gasteiger partial charge is 0.458 e. The maximum atomic E-state index is 6.64. The first kappa shape index (κ1) is 30.4. The molecule has 242 valence electrons. The lowest BCUT2D eigenvalue weighted by molar-refractivity contribution is 0.578. The van der Waals surface area contributed by atoms with Gasteiger partial charge in [-0.15, -0.1) is 0 Å². The summed E-state index contributed by atoms with van der Waals surface area (Å²) < 4.78 is 6.64. The van der Waals surface area contributed by atoms with Crippen molar-refractivity contribution in [3.8, 4) is 33.4 Å². The Morgan fingerprint density at radius 1 is 0.471 bits per heavy atom. The lowest BCUT2D eigenvalue weighted by Gasteiger charge is -2.27. The molecule has 0 aliphatic carbocycles. The van der Waals surface area contributed by atoms with Gasteiger partial charge in [0.15, 0.2) is 5.58 Å². The molecule has 0 N–H and O–H groups in total. The van der Waals surface area contributed by atoms with E-state index in [-0.39, 0.29) is 0 Å². The van der Waals surface area contributed by atoms with Crippen LogP contribution in [0.5, 0.6) is 0 Å². The summed E-state index contributed by atoms with van der Waals surface area (Å²) in [7, 11) is 0. The van der Waals surface area contributed by atoms with Gasteiger partial charge in [-0.1, -0.05) is 158 Å². The molecule has 0 aliphatic heterocycles.